The number of aromatic hydroxyl groups is 1. The minimum atomic E-state index is -0.831. The van der Waals surface area contributed by atoms with E-state index in [9.17, 15) is 23.5 Å². The van der Waals surface area contributed by atoms with E-state index < -0.39 is 28.9 Å². The molecule has 25 heavy (non-hydrogen) atoms. The molecule has 1 aromatic heterocycles. The maximum atomic E-state index is 13.5. The Morgan fingerprint density at radius 1 is 1.12 bits per heavy atom. The molecule has 0 radical (unpaired) electrons. The molecule has 1 atom stereocenters. The molecular weight excluding hydrogens is 330 g/mol. The summed E-state index contributed by atoms with van der Waals surface area (Å²) in [5, 5.41) is 10.6. The van der Waals surface area contributed by atoms with Crippen molar-refractivity contribution in [2.75, 3.05) is 0 Å². The predicted molar refractivity (Wildman–Crippen MR) is 87.6 cm³/mol. The van der Waals surface area contributed by atoms with Crippen LogP contribution in [-0.4, -0.2) is 10.9 Å². The van der Waals surface area contributed by atoms with Crippen LogP contribution in [-0.2, 0) is 4.79 Å². The Balaban J connectivity index is 2.26. The summed E-state index contributed by atoms with van der Waals surface area (Å²) in [6.45, 7) is 1.34. The van der Waals surface area contributed by atoms with E-state index in [1.165, 1.54) is 37.3 Å². The second-order valence-electron chi connectivity index (χ2n) is 5.80. The van der Waals surface area contributed by atoms with E-state index >= 15 is 0 Å². The molecule has 128 valence electrons. The van der Waals surface area contributed by atoms with Crippen molar-refractivity contribution < 1.29 is 23.1 Å². The van der Waals surface area contributed by atoms with Gasteiger partial charge in [0.1, 0.15) is 28.8 Å². The second-order valence-corrected chi connectivity index (χ2v) is 5.80. The summed E-state index contributed by atoms with van der Waals surface area (Å²) in [7, 11) is 0. The van der Waals surface area contributed by atoms with Crippen LogP contribution >= 0.6 is 0 Å². The molecule has 4 nitrogen and oxygen atoms in total. The fourth-order valence-electron chi connectivity index (χ4n) is 2.85. The Morgan fingerprint density at radius 3 is 2.40 bits per heavy atom. The van der Waals surface area contributed by atoms with E-state index in [1.807, 2.05) is 0 Å². The quantitative estimate of drug-likeness (QED) is 0.729. The first kappa shape index (κ1) is 16.8. The highest BCUT2D eigenvalue weighted by Gasteiger charge is 2.26. The molecule has 0 aliphatic rings. The third kappa shape index (κ3) is 3.28. The van der Waals surface area contributed by atoms with Crippen molar-refractivity contribution in [2.45, 2.75) is 19.3 Å². The van der Waals surface area contributed by atoms with Gasteiger partial charge >= 0.3 is 5.63 Å². The summed E-state index contributed by atoms with van der Waals surface area (Å²) in [6.07, 6.45) is -0.0925. The van der Waals surface area contributed by atoms with Gasteiger partial charge in [0, 0.05) is 12.3 Å². The van der Waals surface area contributed by atoms with Gasteiger partial charge in [0.05, 0.1) is 10.9 Å². The molecule has 1 N–H and O–H groups in total. The summed E-state index contributed by atoms with van der Waals surface area (Å²) < 4.78 is 31.9. The van der Waals surface area contributed by atoms with Crippen LogP contribution in [0.1, 0.15) is 30.4 Å². The van der Waals surface area contributed by atoms with Gasteiger partial charge in [0.2, 0.25) is 0 Å². The smallest absolute Gasteiger partial charge is 0.343 e. The second kappa shape index (κ2) is 6.47. The molecule has 1 unspecified atom stereocenters. The molecule has 0 bridgehead atoms. The first-order valence-electron chi connectivity index (χ1n) is 7.57. The molecule has 0 spiro atoms. The highest BCUT2D eigenvalue weighted by molar-refractivity contribution is 5.85. The highest BCUT2D eigenvalue weighted by atomic mass is 19.1. The molecule has 2 aromatic carbocycles. The van der Waals surface area contributed by atoms with Crippen LogP contribution in [0.3, 0.4) is 0 Å². The third-order valence-corrected chi connectivity index (χ3v) is 3.99. The standard InChI is InChI=1S/C19H14F2O4/c1-10(22)8-14(11-2-4-12(20)5-3-11)17-18(23)15-9-13(21)6-7-16(15)25-19(17)24/h2-7,9,14,23H,8H2,1H3. The fourth-order valence-corrected chi connectivity index (χ4v) is 2.85. The molecule has 0 saturated carbocycles. The van der Waals surface area contributed by atoms with Crippen LogP contribution in [0.25, 0.3) is 11.0 Å². The van der Waals surface area contributed by atoms with Gasteiger partial charge < -0.3 is 9.52 Å². The average Bonchev–Trinajstić information content (AvgIpc) is 2.55. The number of rotatable bonds is 4. The van der Waals surface area contributed by atoms with Crippen molar-refractivity contribution in [2.24, 2.45) is 0 Å². The van der Waals surface area contributed by atoms with Gasteiger partial charge in [-0.2, -0.15) is 0 Å². The summed E-state index contributed by atoms with van der Waals surface area (Å²) in [5.74, 6) is -2.58. The van der Waals surface area contributed by atoms with E-state index in [0.29, 0.717) is 5.56 Å². The summed E-state index contributed by atoms with van der Waals surface area (Å²) in [5.41, 5.74) is -0.477. The number of carbonyl (C=O) groups excluding carboxylic acids is 1. The molecule has 3 aromatic rings. The molecule has 0 saturated heterocycles. The van der Waals surface area contributed by atoms with E-state index in [-0.39, 0.29) is 28.7 Å². The minimum Gasteiger partial charge on any atom is -0.507 e. The number of Topliss-reactive ketones (excluding diaryl/α,β-unsaturated/α-hetero) is 1. The van der Waals surface area contributed by atoms with E-state index in [1.54, 1.807) is 0 Å². The molecule has 1 heterocycles. The Hall–Kier alpha value is -3.02. The first-order valence-corrected chi connectivity index (χ1v) is 7.57. The number of fused-ring (bicyclic) bond motifs is 1. The lowest BCUT2D eigenvalue weighted by molar-refractivity contribution is -0.117. The first-order chi connectivity index (χ1) is 11.9. The largest absolute Gasteiger partial charge is 0.507 e. The molecule has 0 aliphatic carbocycles. The predicted octanol–water partition coefficient (Wildman–Crippen LogP) is 3.89. The van der Waals surface area contributed by atoms with Gasteiger partial charge in [0.25, 0.3) is 0 Å². The van der Waals surface area contributed by atoms with Gasteiger partial charge in [0.15, 0.2) is 0 Å². The Kier molecular flexibility index (Phi) is 4.35. The lowest BCUT2D eigenvalue weighted by atomic mass is 9.87. The van der Waals surface area contributed by atoms with Crippen LogP contribution < -0.4 is 5.63 Å². The van der Waals surface area contributed by atoms with Crippen molar-refractivity contribution in [3.8, 4) is 5.75 Å². The maximum Gasteiger partial charge on any atom is 0.343 e. The van der Waals surface area contributed by atoms with Crippen LogP contribution in [0.4, 0.5) is 8.78 Å². The normalized spacial score (nSPS) is 12.3. The van der Waals surface area contributed by atoms with Crippen LogP contribution in [0.5, 0.6) is 5.75 Å². The lowest BCUT2D eigenvalue weighted by Crippen LogP contribution is -2.16. The topological polar surface area (TPSA) is 67.5 Å². The molecular formula is C19H14F2O4. The van der Waals surface area contributed by atoms with Crippen molar-refractivity contribution in [1.82, 2.24) is 0 Å². The maximum absolute atomic E-state index is 13.5. The minimum absolute atomic E-state index is 0.0327. The van der Waals surface area contributed by atoms with Gasteiger partial charge in [-0.25, -0.2) is 13.6 Å². The van der Waals surface area contributed by atoms with Crippen molar-refractivity contribution in [3.63, 3.8) is 0 Å². The molecule has 0 aliphatic heterocycles. The van der Waals surface area contributed by atoms with Crippen molar-refractivity contribution >= 4 is 16.8 Å². The Bertz CT molecular complexity index is 1010. The fraction of sp³-hybridized carbons (Fsp3) is 0.158. The zero-order valence-corrected chi connectivity index (χ0v) is 13.3. The molecule has 6 heteroatoms. The van der Waals surface area contributed by atoms with Crippen LogP contribution in [0.15, 0.2) is 51.7 Å². The van der Waals surface area contributed by atoms with E-state index in [2.05, 4.69) is 0 Å². The third-order valence-electron chi connectivity index (χ3n) is 3.99. The number of halogens is 2. The van der Waals surface area contributed by atoms with Crippen LogP contribution in [0, 0.1) is 11.6 Å². The summed E-state index contributed by atoms with van der Waals surface area (Å²) >= 11 is 0. The van der Waals surface area contributed by atoms with Crippen molar-refractivity contribution in [1.29, 1.82) is 0 Å². The number of hydrogen-bond acceptors (Lipinski definition) is 4. The average molecular weight is 344 g/mol. The zero-order valence-electron chi connectivity index (χ0n) is 13.3. The van der Waals surface area contributed by atoms with Gasteiger partial charge in [-0.05, 0) is 42.8 Å². The highest BCUT2D eigenvalue weighted by Crippen LogP contribution is 2.36. The van der Waals surface area contributed by atoms with E-state index in [4.69, 9.17) is 4.42 Å². The number of benzene rings is 2. The van der Waals surface area contributed by atoms with Crippen LogP contribution in [0.2, 0.25) is 0 Å². The van der Waals surface area contributed by atoms with Gasteiger partial charge in [-0.15, -0.1) is 0 Å². The van der Waals surface area contributed by atoms with E-state index in [0.717, 1.165) is 12.1 Å². The Morgan fingerprint density at radius 2 is 1.76 bits per heavy atom. The molecule has 3 rings (SSSR count). The number of ketones is 1. The van der Waals surface area contributed by atoms with Gasteiger partial charge in [-0.1, -0.05) is 12.1 Å². The molecule has 0 amide bonds. The summed E-state index contributed by atoms with van der Waals surface area (Å²) in [6, 6.07) is 8.65. The number of carbonyl (C=O) groups is 1. The summed E-state index contributed by atoms with van der Waals surface area (Å²) in [4.78, 5) is 24.1. The SMILES string of the molecule is CC(=O)CC(c1ccc(F)cc1)c1c(O)c2cc(F)ccc2oc1=O. The Labute approximate surface area is 141 Å². The number of hydrogen-bond donors (Lipinski definition) is 1. The monoisotopic (exact) mass is 344 g/mol. The zero-order chi connectivity index (χ0) is 18.1. The molecule has 0 fully saturated rings. The lowest BCUT2D eigenvalue weighted by Gasteiger charge is -2.17. The van der Waals surface area contributed by atoms with Gasteiger partial charge in [-0.3, -0.25) is 4.79 Å². The van der Waals surface area contributed by atoms with Crippen molar-refractivity contribution in [3.05, 3.63) is 75.6 Å².